The van der Waals surface area contributed by atoms with E-state index in [9.17, 15) is 39.3 Å². The molecule has 2 saturated carbocycles. The number of carbonyl (C=O) groups is 5. The number of amidine groups is 1. The molecule has 2 amide bonds. The van der Waals surface area contributed by atoms with Crippen LogP contribution in [-0.2, 0) is 42.9 Å². The van der Waals surface area contributed by atoms with Crippen molar-refractivity contribution >= 4 is 41.7 Å². The van der Waals surface area contributed by atoms with E-state index < -0.39 is 89.6 Å². The van der Waals surface area contributed by atoms with E-state index in [2.05, 4.69) is 6.92 Å². The highest BCUT2D eigenvalue weighted by Crippen LogP contribution is 2.43. The van der Waals surface area contributed by atoms with Gasteiger partial charge in [-0.1, -0.05) is 50.6 Å². The Bertz CT molecular complexity index is 1960. The molecule has 392 valence electrons. The standard InChI is InChI=1S/C52H81N5O13/c1-31-21-32(2)23-43(66-6)38-28-52(65,34(4)25-44(38)67-7)48(61)49(62)57-17-11-9-14-39(57)50(63)70-47(35(5)40(59)27-41(60)37(22-31)13-10-12-20-58)33(3)24-36-15-16-42(45(26-36)68-8)69-51(64)55-18-19-56(30-53)46(54)29-55/h10,12,22,24,30,32,34-40,42-45,47,53-54,58-59,65H,9,11,13-21,23,25-29H2,1-8H3/b12-10+,31-22+,33-24+,53-30?,54-46?/t32-,34+,35+,36-,37+,38+,39-,40-,42+,43-,44-,45+,47+,52?/m0/s1. The number of piperidine rings is 1. The van der Waals surface area contributed by atoms with Gasteiger partial charge in [0.25, 0.3) is 11.7 Å². The zero-order valence-electron chi connectivity index (χ0n) is 42.7. The molecule has 14 atom stereocenters. The maximum absolute atomic E-state index is 14.6. The SMILES string of the molecule is CO[C@H]1C[C@@H](C)C/C(C)=C/[C@@H](C/C=C/CO)C(=O)C[C@H](O)[C@@H](C)[C@@H](/C(C)=C/[C@@H]2CC[C@@H](OC(=O)N3CCN(C=N)C(=N)C3)[C@H](OC)C2)OC(=O)[C@@H]2CCCCN2C(=O)C(=O)C2(O)C[C@H]1[C@@H](OC)C[C@H]2C. The number of carbonyl (C=O) groups excluding carboxylic acids is 5. The van der Waals surface area contributed by atoms with Crippen LogP contribution in [0.5, 0.6) is 0 Å². The normalized spacial score (nSPS) is 37.0. The Morgan fingerprint density at radius 2 is 1.61 bits per heavy atom. The second kappa shape index (κ2) is 25.9. The monoisotopic (exact) mass is 984 g/mol. The van der Waals surface area contributed by atoms with Crippen molar-refractivity contribution in [2.24, 2.45) is 35.5 Å². The molecule has 5 rings (SSSR count). The summed E-state index contributed by atoms with van der Waals surface area (Å²) in [6.45, 7) is 9.79. The van der Waals surface area contributed by atoms with Crippen LogP contribution in [0, 0.1) is 46.3 Å². The third kappa shape index (κ3) is 13.8. The summed E-state index contributed by atoms with van der Waals surface area (Å²) in [5.41, 5.74) is -0.531. The largest absolute Gasteiger partial charge is 0.456 e. The number of esters is 1. The van der Waals surface area contributed by atoms with Crippen molar-refractivity contribution < 1.29 is 63.0 Å². The molecule has 2 saturated heterocycles. The Balaban J connectivity index is 1.48. The number of ketones is 2. The van der Waals surface area contributed by atoms with Gasteiger partial charge in [-0.3, -0.25) is 30.1 Å². The van der Waals surface area contributed by atoms with Crippen molar-refractivity contribution in [2.45, 2.75) is 160 Å². The number of methoxy groups -OCH3 is 3. The van der Waals surface area contributed by atoms with Gasteiger partial charge in [-0.2, -0.15) is 0 Å². The Morgan fingerprint density at radius 3 is 2.27 bits per heavy atom. The molecule has 0 aromatic carbocycles. The molecule has 4 fully saturated rings. The van der Waals surface area contributed by atoms with Crippen LogP contribution in [0.3, 0.4) is 0 Å². The average molecular weight is 984 g/mol. The van der Waals surface area contributed by atoms with E-state index in [1.54, 1.807) is 54.3 Å². The lowest BCUT2D eigenvalue weighted by molar-refractivity contribution is -0.178. The Kier molecular flexibility index (Phi) is 20.9. The fourth-order valence-corrected chi connectivity index (χ4v) is 11.5. The molecule has 0 spiro atoms. The minimum absolute atomic E-state index is 0.0192. The quantitative estimate of drug-likeness (QED) is 0.0635. The number of aliphatic hydroxyl groups is 3. The Hall–Kier alpha value is -4.33. The molecule has 3 aliphatic heterocycles. The van der Waals surface area contributed by atoms with Crippen LogP contribution in [0.4, 0.5) is 4.79 Å². The van der Waals surface area contributed by atoms with Gasteiger partial charge in [0.2, 0.25) is 0 Å². The number of cyclic esters (lactones) is 1. The summed E-state index contributed by atoms with van der Waals surface area (Å²) in [5.74, 6) is -5.49. The molecule has 0 aromatic rings. The second-order valence-electron chi connectivity index (χ2n) is 20.7. The maximum atomic E-state index is 14.6. The first kappa shape index (κ1) is 56.6. The van der Waals surface area contributed by atoms with Gasteiger partial charge >= 0.3 is 12.1 Å². The number of nitrogens with zero attached hydrogens (tertiary/aromatic N) is 3. The lowest BCUT2D eigenvalue weighted by Gasteiger charge is -2.47. The maximum Gasteiger partial charge on any atom is 0.410 e. The molecular formula is C52H81N5O13. The van der Waals surface area contributed by atoms with Crippen LogP contribution >= 0.6 is 0 Å². The molecule has 0 radical (unpaired) electrons. The molecule has 3 heterocycles. The predicted octanol–water partition coefficient (Wildman–Crippen LogP) is 5.01. The molecule has 0 aromatic heterocycles. The number of fused-ring (bicyclic) bond motifs is 3. The summed E-state index contributed by atoms with van der Waals surface area (Å²) in [4.78, 5) is 75.2. The molecule has 2 aliphatic carbocycles. The minimum Gasteiger partial charge on any atom is -0.456 e. The van der Waals surface area contributed by atoms with E-state index in [0.29, 0.717) is 76.5 Å². The first-order chi connectivity index (χ1) is 33.3. The van der Waals surface area contributed by atoms with Crippen molar-refractivity contribution in [1.29, 1.82) is 10.8 Å². The predicted molar refractivity (Wildman–Crippen MR) is 261 cm³/mol. The highest BCUT2D eigenvalue weighted by molar-refractivity contribution is 6.39. The number of Topliss-reactive ketones (excluding diaryl/α,β-unsaturated/α-hetero) is 2. The molecule has 70 heavy (non-hydrogen) atoms. The molecular weight excluding hydrogens is 903 g/mol. The van der Waals surface area contributed by atoms with Gasteiger partial charge in [0.1, 0.15) is 35.5 Å². The highest BCUT2D eigenvalue weighted by atomic mass is 16.6. The fourth-order valence-electron chi connectivity index (χ4n) is 11.5. The Labute approximate surface area is 414 Å². The minimum atomic E-state index is -2.06. The topological polar surface area (TPSA) is 250 Å². The smallest absolute Gasteiger partial charge is 0.410 e. The number of hydrogen-bond donors (Lipinski definition) is 5. The number of allylic oxidation sites excluding steroid dienone is 4. The molecule has 5 N–H and O–H groups in total. The van der Waals surface area contributed by atoms with Crippen molar-refractivity contribution in [2.75, 3.05) is 54.1 Å². The molecule has 18 nitrogen and oxygen atoms in total. The van der Waals surface area contributed by atoms with Crippen LogP contribution in [0.2, 0.25) is 0 Å². The summed E-state index contributed by atoms with van der Waals surface area (Å²) in [7, 11) is 4.72. The van der Waals surface area contributed by atoms with Crippen molar-refractivity contribution in [3.8, 4) is 0 Å². The molecule has 18 heteroatoms. The van der Waals surface area contributed by atoms with Crippen LogP contribution in [0.25, 0.3) is 0 Å². The summed E-state index contributed by atoms with van der Waals surface area (Å²) in [6, 6.07) is -1.16. The van der Waals surface area contributed by atoms with E-state index in [4.69, 9.17) is 34.5 Å². The number of nitrogens with one attached hydrogen (secondary N) is 2. The van der Waals surface area contributed by atoms with E-state index in [1.807, 2.05) is 19.1 Å². The number of piperazine rings is 1. The first-order valence-corrected chi connectivity index (χ1v) is 25.3. The van der Waals surface area contributed by atoms with E-state index in [0.717, 1.165) is 11.9 Å². The number of ether oxygens (including phenoxy) is 5. The van der Waals surface area contributed by atoms with Crippen LogP contribution in [0.15, 0.2) is 35.5 Å². The second-order valence-corrected chi connectivity index (χ2v) is 20.7. The number of rotatable bonds is 10. The van der Waals surface area contributed by atoms with Gasteiger partial charge in [-0.15, -0.1) is 0 Å². The van der Waals surface area contributed by atoms with E-state index in [-0.39, 0.29) is 68.5 Å². The molecule has 2 bridgehead atoms. The van der Waals surface area contributed by atoms with Gasteiger partial charge in [0, 0.05) is 65.1 Å². The lowest BCUT2D eigenvalue weighted by atomic mass is 9.65. The lowest BCUT2D eigenvalue weighted by Crippen LogP contribution is -2.61. The molecule has 1 unspecified atom stereocenters. The van der Waals surface area contributed by atoms with Crippen molar-refractivity contribution in [3.05, 3.63) is 35.5 Å². The van der Waals surface area contributed by atoms with E-state index in [1.165, 1.54) is 14.7 Å². The van der Waals surface area contributed by atoms with Crippen LogP contribution in [-0.4, -0.2) is 174 Å². The van der Waals surface area contributed by atoms with Gasteiger partial charge in [0.05, 0.1) is 43.9 Å². The average Bonchev–Trinajstić information content (AvgIpc) is 3.34. The van der Waals surface area contributed by atoms with Gasteiger partial charge in [0.15, 0.2) is 0 Å². The number of amides is 2. The zero-order valence-corrected chi connectivity index (χ0v) is 42.7. The fraction of sp³-hybridized carbons (Fsp3) is 0.750. The third-order valence-electron chi connectivity index (χ3n) is 15.7. The summed E-state index contributed by atoms with van der Waals surface area (Å²) >= 11 is 0. The van der Waals surface area contributed by atoms with E-state index >= 15 is 0 Å². The third-order valence-corrected chi connectivity index (χ3v) is 15.7. The van der Waals surface area contributed by atoms with Crippen LogP contribution < -0.4 is 0 Å². The number of hydrogen-bond acceptors (Lipinski definition) is 15. The highest BCUT2D eigenvalue weighted by Gasteiger charge is 2.55. The van der Waals surface area contributed by atoms with Gasteiger partial charge in [-0.25, -0.2) is 9.59 Å². The van der Waals surface area contributed by atoms with Crippen molar-refractivity contribution in [3.63, 3.8) is 0 Å². The molecule has 5 aliphatic rings. The van der Waals surface area contributed by atoms with Crippen molar-refractivity contribution in [1.82, 2.24) is 14.7 Å². The van der Waals surface area contributed by atoms with Gasteiger partial charge in [-0.05, 0) is 108 Å². The first-order valence-electron chi connectivity index (χ1n) is 25.3. The number of aliphatic hydroxyl groups excluding tert-OH is 2. The zero-order chi connectivity index (χ0) is 51.4. The van der Waals surface area contributed by atoms with Crippen LogP contribution in [0.1, 0.15) is 112 Å². The summed E-state index contributed by atoms with van der Waals surface area (Å²) in [5, 5.41) is 49.6. The summed E-state index contributed by atoms with van der Waals surface area (Å²) in [6.07, 6.45) is 7.60. The van der Waals surface area contributed by atoms with Gasteiger partial charge < -0.3 is 48.8 Å². The summed E-state index contributed by atoms with van der Waals surface area (Å²) < 4.78 is 30.2. The Morgan fingerprint density at radius 1 is 0.914 bits per heavy atom.